The molecule has 0 radical (unpaired) electrons. The fourth-order valence-electron chi connectivity index (χ4n) is 1.10. The summed E-state index contributed by atoms with van der Waals surface area (Å²) >= 11 is 0. The van der Waals surface area contributed by atoms with E-state index in [1.807, 2.05) is 26.0 Å². The highest BCUT2D eigenvalue weighted by atomic mass is 16.1. The molecule has 82 valence electrons. The third-order valence-electron chi connectivity index (χ3n) is 2.00. The predicted octanol–water partition coefficient (Wildman–Crippen LogP) is 0.616. The summed E-state index contributed by atoms with van der Waals surface area (Å²) in [6.45, 7) is 5.62. The maximum absolute atomic E-state index is 11.2. The van der Waals surface area contributed by atoms with E-state index in [-0.39, 0.29) is 5.91 Å². The van der Waals surface area contributed by atoms with Crippen molar-refractivity contribution in [2.75, 3.05) is 13.1 Å². The van der Waals surface area contributed by atoms with E-state index in [1.54, 1.807) is 6.20 Å². The number of aromatic nitrogens is 1. The van der Waals surface area contributed by atoms with Crippen LogP contribution in [-0.2, 0) is 11.3 Å². The van der Waals surface area contributed by atoms with E-state index in [9.17, 15) is 4.79 Å². The number of nitrogens with zero attached hydrogens (tertiary/aromatic N) is 1. The number of rotatable bonds is 5. The Morgan fingerprint density at radius 1 is 1.47 bits per heavy atom. The zero-order valence-corrected chi connectivity index (χ0v) is 9.21. The van der Waals surface area contributed by atoms with Gasteiger partial charge in [-0.2, -0.15) is 0 Å². The Labute approximate surface area is 90.1 Å². The number of nitrogens with one attached hydrogen (secondary N) is 2. The quantitative estimate of drug-likeness (QED) is 0.744. The standard InChI is InChI=1S/C11H17N3O/c1-3-12-8-11(15)14-7-10-5-4-9(2)13-6-10/h4-6,12H,3,7-8H2,1-2H3,(H,14,15). The van der Waals surface area contributed by atoms with Crippen LogP contribution in [0.3, 0.4) is 0 Å². The van der Waals surface area contributed by atoms with Crippen LogP contribution < -0.4 is 10.6 Å². The predicted molar refractivity (Wildman–Crippen MR) is 59.4 cm³/mol. The molecule has 0 unspecified atom stereocenters. The molecule has 0 aliphatic heterocycles. The van der Waals surface area contributed by atoms with Gasteiger partial charge in [-0.1, -0.05) is 13.0 Å². The summed E-state index contributed by atoms with van der Waals surface area (Å²) in [4.78, 5) is 15.4. The van der Waals surface area contributed by atoms with Gasteiger partial charge < -0.3 is 10.6 Å². The first kappa shape index (κ1) is 11.7. The van der Waals surface area contributed by atoms with Gasteiger partial charge in [0.2, 0.25) is 5.91 Å². The van der Waals surface area contributed by atoms with E-state index in [0.717, 1.165) is 17.8 Å². The summed E-state index contributed by atoms with van der Waals surface area (Å²) < 4.78 is 0. The molecule has 1 amide bonds. The van der Waals surface area contributed by atoms with Gasteiger partial charge >= 0.3 is 0 Å². The molecule has 1 rings (SSSR count). The molecule has 0 atom stereocenters. The summed E-state index contributed by atoms with van der Waals surface area (Å²) in [5.41, 5.74) is 2.00. The molecule has 2 N–H and O–H groups in total. The Hall–Kier alpha value is -1.42. The first-order chi connectivity index (χ1) is 7.22. The van der Waals surface area contributed by atoms with Crippen molar-refractivity contribution in [2.24, 2.45) is 0 Å². The van der Waals surface area contributed by atoms with Gasteiger partial charge in [0.05, 0.1) is 6.54 Å². The second-order valence-electron chi connectivity index (χ2n) is 3.36. The number of hydrogen-bond donors (Lipinski definition) is 2. The Morgan fingerprint density at radius 2 is 2.27 bits per heavy atom. The lowest BCUT2D eigenvalue weighted by molar-refractivity contribution is -0.120. The summed E-state index contributed by atoms with van der Waals surface area (Å²) in [6.07, 6.45) is 1.78. The average molecular weight is 207 g/mol. The van der Waals surface area contributed by atoms with Crippen molar-refractivity contribution in [2.45, 2.75) is 20.4 Å². The Bertz CT molecular complexity index is 308. The highest BCUT2D eigenvalue weighted by molar-refractivity contribution is 5.77. The van der Waals surface area contributed by atoms with Gasteiger partial charge in [-0.05, 0) is 25.1 Å². The summed E-state index contributed by atoms with van der Waals surface area (Å²) in [5.74, 6) is 0.0115. The van der Waals surface area contributed by atoms with Crippen LogP contribution in [0.4, 0.5) is 0 Å². The van der Waals surface area contributed by atoms with Crippen molar-refractivity contribution in [3.05, 3.63) is 29.6 Å². The molecule has 0 aliphatic carbocycles. The number of amides is 1. The van der Waals surface area contributed by atoms with Gasteiger partial charge in [0.25, 0.3) is 0 Å². The Morgan fingerprint density at radius 3 is 2.87 bits per heavy atom. The van der Waals surface area contributed by atoms with E-state index < -0.39 is 0 Å². The number of hydrogen-bond acceptors (Lipinski definition) is 3. The molecule has 1 heterocycles. The topological polar surface area (TPSA) is 54.0 Å². The third kappa shape index (κ3) is 4.56. The summed E-state index contributed by atoms with van der Waals surface area (Å²) in [6, 6.07) is 3.90. The fourth-order valence-corrected chi connectivity index (χ4v) is 1.10. The number of carbonyl (C=O) groups excluding carboxylic acids is 1. The van der Waals surface area contributed by atoms with Crippen molar-refractivity contribution in [1.82, 2.24) is 15.6 Å². The molecule has 0 aromatic carbocycles. The molecule has 4 heteroatoms. The maximum Gasteiger partial charge on any atom is 0.234 e. The van der Waals surface area contributed by atoms with Gasteiger partial charge in [-0.3, -0.25) is 9.78 Å². The zero-order chi connectivity index (χ0) is 11.1. The van der Waals surface area contributed by atoms with Crippen LogP contribution in [0.25, 0.3) is 0 Å². The number of aryl methyl sites for hydroxylation is 1. The van der Waals surface area contributed by atoms with Gasteiger partial charge in [0.1, 0.15) is 0 Å². The van der Waals surface area contributed by atoms with E-state index >= 15 is 0 Å². The number of carbonyl (C=O) groups is 1. The lowest BCUT2D eigenvalue weighted by Crippen LogP contribution is -2.33. The molecule has 0 bridgehead atoms. The summed E-state index contributed by atoms with van der Waals surface area (Å²) in [5, 5.41) is 5.78. The highest BCUT2D eigenvalue weighted by Gasteiger charge is 1.99. The number of likely N-dealkylation sites (N-methyl/N-ethyl adjacent to an activating group) is 1. The van der Waals surface area contributed by atoms with E-state index in [2.05, 4.69) is 15.6 Å². The number of pyridine rings is 1. The largest absolute Gasteiger partial charge is 0.351 e. The minimum Gasteiger partial charge on any atom is -0.351 e. The van der Waals surface area contributed by atoms with Crippen LogP contribution in [0, 0.1) is 6.92 Å². The van der Waals surface area contributed by atoms with Crippen LogP contribution in [0.15, 0.2) is 18.3 Å². The van der Waals surface area contributed by atoms with Crippen molar-refractivity contribution in [3.63, 3.8) is 0 Å². The average Bonchev–Trinajstić information content (AvgIpc) is 2.25. The Kier molecular flexibility index (Phi) is 4.77. The zero-order valence-electron chi connectivity index (χ0n) is 9.21. The van der Waals surface area contributed by atoms with E-state index in [4.69, 9.17) is 0 Å². The molecule has 0 saturated carbocycles. The fraction of sp³-hybridized carbons (Fsp3) is 0.455. The van der Waals surface area contributed by atoms with Crippen molar-refractivity contribution in [3.8, 4) is 0 Å². The SMILES string of the molecule is CCNCC(=O)NCc1ccc(C)nc1. The molecule has 0 aliphatic rings. The van der Waals surface area contributed by atoms with Crippen molar-refractivity contribution >= 4 is 5.91 Å². The molecule has 1 aromatic rings. The van der Waals surface area contributed by atoms with Gasteiger partial charge in [-0.25, -0.2) is 0 Å². The molecular formula is C11H17N3O. The molecule has 1 aromatic heterocycles. The summed E-state index contributed by atoms with van der Waals surface area (Å²) in [7, 11) is 0. The van der Waals surface area contributed by atoms with Gasteiger partial charge in [-0.15, -0.1) is 0 Å². The lowest BCUT2D eigenvalue weighted by Gasteiger charge is -2.05. The Balaban J connectivity index is 2.30. The molecule has 4 nitrogen and oxygen atoms in total. The first-order valence-electron chi connectivity index (χ1n) is 5.11. The minimum atomic E-state index is 0.0115. The van der Waals surface area contributed by atoms with Crippen molar-refractivity contribution in [1.29, 1.82) is 0 Å². The molecule has 0 saturated heterocycles. The molecular weight excluding hydrogens is 190 g/mol. The van der Waals surface area contributed by atoms with Crippen LogP contribution >= 0.6 is 0 Å². The van der Waals surface area contributed by atoms with Crippen LogP contribution in [-0.4, -0.2) is 24.0 Å². The second-order valence-corrected chi connectivity index (χ2v) is 3.36. The van der Waals surface area contributed by atoms with Crippen LogP contribution in [0.5, 0.6) is 0 Å². The third-order valence-corrected chi connectivity index (χ3v) is 2.00. The first-order valence-corrected chi connectivity index (χ1v) is 5.11. The minimum absolute atomic E-state index is 0.0115. The normalized spacial score (nSPS) is 10.0. The van der Waals surface area contributed by atoms with Crippen molar-refractivity contribution < 1.29 is 4.79 Å². The molecule has 0 fully saturated rings. The monoisotopic (exact) mass is 207 g/mol. The van der Waals surface area contributed by atoms with E-state index in [0.29, 0.717) is 13.1 Å². The lowest BCUT2D eigenvalue weighted by atomic mass is 10.2. The van der Waals surface area contributed by atoms with Crippen LogP contribution in [0.2, 0.25) is 0 Å². The highest BCUT2D eigenvalue weighted by Crippen LogP contribution is 1.98. The smallest absolute Gasteiger partial charge is 0.234 e. The molecule has 0 spiro atoms. The van der Waals surface area contributed by atoms with Gasteiger partial charge in [0, 0.05) is 18.4 Å². The van der Waals surface area contributed by atoms with Gasteiger partial charge in [0.15, 0.2) is 0 Å². The van der Waals surface area contributed by atoms with Crippen LogP contribution in [0.1, 0.15) is 18.2 Å². The van der Waals surface area contributed by atoms with E-state index in [1.165, 1.54) is 0 Å². The second kappa shape index (κ2) is 6.14. The molecule has 15 heavy (non-hydrogen) atoms. The maximum atomic E-state index is 11.2.